The summed E-state index contributed by atoms with van der Waals surface area (Å²) in [7, 11) is -3.19. The Kier molecular flexibility index (Phi) is 4.83. The quantitative estimate of drug-likeness (QED) is 0.896. The van der Waals surface area contributed by atoms with E-state index in [1.54, 1.807) is 12.1 Å². The van der Waals surface area contributed by atoms with Crippen LogP contribution in [0.1, 0.15) is 26.7 Å². The van der Waals surface area contributed by atoms with Crippen LogP contribution in [0.4, 0.5) is 5.69 Å². The van der Waals surface area contributed by atoms with Crippen LogP contribution in [0.3, 0.4) is 0 Å². The van der Waals surface area contributed by atoms with Crippen molar-refractivity contribution in [2.24, 2.45) is 0 Å². The van der Waals surface area contributed by atoms with Gasteiger partial charge in [0.25, 0.3) is 0 Å². The second kappa shape index (κ2) is 5.74. The van der Waals surface area contributed by atoms with Crippen LogP contribution in [-0.2, 0) is 9.84 Å². The number of hydrogen-bond donors (Lipinski definition) is 1. The standard InChI is InChI=1S/C12H18ClNO2S/c1-4-5-9(2)14-12-8-10(17(3,15)16)6-7-11(12)13/h6-9,14H,4-5H2,1-3H3. The van der Waals surface area contributed by atoms with Gasteiger partial charge in [-0.25, -0.2) is 8.42 Å². The fourth-order valence-electron chi connectivity index (χ4n) is 1.62. The van der Waals surface area contributed by atoms with Crippen molar-refractivity contribution >= 4 is 27.1 Å². The van der Waals surface area contributed by atoms with E-state index in [9.17, 15) is 8.42 Å². The molecule has 0 radical (unpaired) electrons. The van der Waals surface area contributed by atoms with Gasteiger partial charge in [-0.15, -0.1) is 0 Å². The Morgan fingerprint density at radius 2 is 2.06 bits per heavy atom. The molecule has 0 spiro atoms. The van der Waals surface area contributed by atoms with Gasteiger partial charge >= 0.3 is 0 Å². The maximum atomic E-state index is 11.4. The molecule has 17 heavy (non-hydrogen) atoms. The number of halogens is 1. The third-order valence-electron chi connectivity index (χ3n) is 2.49. The molecule has 1 rings (SSSR count). The Hall–Kier alpha value is -0.740. The van der Waals surface area contributed by atoms with Crippen LogP contribution in [0.2, 0.25) is 5.02 Å². The van der Waals surface area contributed by atoms with Crippen molar-refractivity contribution in [3.63, 3.8) is 0 Å². The van der Waals surface area contributed by atoms with Crippen molar-refractivity contribution in [3.8, 4) is 0 Å². The summed E-state index contributed by atoms with van der Waals surface area (Å²) in [5, 5.41) is 3.77. The Balaban J connectivity index is 2.99. The molecule has 0 amide bonds. The molecule has 1 aromatic carbocycles. The van der Waals surface area contributed by atoms with Crippen LogP contribution < -0.4 is 5.32 Å². The molecule has 0 aliphatic carbocycles. The van der Waals surface area contributed by atoms with E-state index in [2.05, 4.69) is 12.2 Å². The van der Waals surface area contributed by atoms with Crippen molar-refractivity contribution in [3.05, 3.63) is 23.2 Å². The van der Waals surface area contributed by atoms with Crippen LogP contribution in [0.15, 0.2) is 23.1 Å². The topological polar surface area (TPSA) is 46.2 Å². The Morgan fingerprint density at radius 3 is 2.59 bits per heavy atom. The molecule has 96 valence electrons. The van der Waals surface area contributed by atoms with Crippen LogP contribution >= 0.6 is 11.6 Å². The lowest BCUT2D eigenvalue weighted by atomic mass is 10.2. The first-order valence-electron chi connectivity index (χ1n) is 5.60. The molecule has 0 aromatic heterocycles. The van der Waals surface area contributed by atoms with Crippen molar-refractivity contribution in [1.82, 2.24) is 0 Å². The molecule has 0 saturated carbocycles. The Morgan fingerprint density at radius 1 is 1.41 bits per heavy atom. The predicted molar refractivity (Wildman–Crippen MR) is 72.6 cm³/mol. The molecular weight excluding hydrogens is 258 g/mol. The van der Waals surface area contributed by atoms with E-state index < -0.39 is 9.84 Å². The van der Waals surface area contributed by atoms with E-state index in [1.807, 2.05) is 6.92 Å². The fraction of sp³-hybridized carbons (Fsp3) is 0.500. The largest absolute Gasteiger partial charge is 0.381 e. The van der Waals surface area contributed by atoms with Gasteiger partial charge in [0, 0.05) is 12.3 Å². The van der Waals surface area contributed by atoms with Gasteiger partial charge in [0.1, 0.15) is 0 Å². The highest BCUT2D eigenvalue weighted by Crippen LogP contribution is 2.26. The summed E-state index contributed by atoms with van der Waals surface area (Å²) in [6.07, 6.45) is 3.27. The molecule has 1 atom stereocenters. The van der Waals surface area contributed by atoms with E-state index in [0.29, 0.717) is 10.7 Å². The first kappa shape index (κ1) is 14.3. The molecule has 5 heteroatoms. The SMILES string of the molecule is CCCC(C)Nc1cc(S(C)(=O)=O)ccc1Cl. The number of benzene rings is 1. The summed E-state index contributed by atoms with van der Waals surface area (Å²) in [6, 6.07) is 4.99. The number of rotatable bonds is 5. The second-order valence-corrected chi connectivity index (χ2v) is 6.67. The van der Waals surface area contributed by atoms with E-state index in [1.165, 1.54) is 12.3 Å². The van der Waals surface area contributed by atoms with E-state index >= 15 is 0 Å². The van der Waals surface area contributed by atoms with E-state index in [4.69, 9.17) is 11.6 Å². The fourth-order valence-corrected chi connectivity index (χ4v) is 2.44. The average Bonchev–Trinajstić information content (AvgIpc) is 2.20. The highest BCUT2D eigenvalue weighted by atomic mass is 35.5. The molecule has 0 aliphatic rings. The Labute approximate surface area is 108 Å². The Bertz CT molecular complexity index is 485. The molecule has 1 aromatic rings. The number of sulfone groups is 1. The normalized spacial score (nSPS) is 13.4. The number of nitrogens with one attached hydrogen (secondary N) is 1. The van der Waals surface area contributed by atoms with Crippen molar-refractivity contribution in [2.45, 2.75) is 37.6 Å². The summed E-state index contributed by atoms with van der Waals surface area (Å²) < 4.78 is 22.9. The van der Waals surface area contributed by atoms with E-state index in [0.717, 1.165) is 12.8 Å². The molecule has 0 aliphatic heterocycles. The third kappa shape index (κ3) is 4.21. The molecule has 0 fully saturated rings. The van der Waals surface area contributed by atoms with Crippen molar-refractivity contribution in [2.75, 3.05) is 11.6 Å². The van der Waals surface area contributed by atoms with E-state index in [-0.39, 0.29) is 10.9 Å². The maximum absolute atomic E-state index is 11.4. The molecular formula is C12H18ClNO2S. The molecule has 1 N–H and O–H groups in total. The molecule has 0 bridgehead atoms. The van der Waals surface area contributed by atoms with Gasteiger partial charge in [0.05, 0.1) is 15.6 Å². The summed E-state index contributed by atoms with van der Waals surface area (Å²) in [5.74, 6) is 0. The first-order chi connectivity index (χ1) is 7.84. The molecule has 0 heterocycles. The minimum absolute atomic E-state index is 0.271. The first-order valence-corrected chi connectivity index (χ1v) is 7.87. The zero-order chi connectivity index (χ0) is 13.1. The molecule has 1 unspecified atom stereocenters. The predicted octanol–water partition coefficient (Wildman–Crippen LogP) is 3.34. The zero-order valence-corrected chi connectivity index (χ0v) is 11.9. The summed E-state index contributed by atoms with van der Waals surface area (Å²) >= 11 is 6.03. The highest BCUT2D eigenvalue weighted by molar-refractivity contribution is 7.90. The maximum Gasteiger partial charge on any atom is 0.175 e. The van der Waals surface area contributed by atoms with Gasteiger partial charge < -0.3 is 5.32 Å². The minimum atomic E-state index is -3.19. The second-order valence-electron chi connectivity index (χ2n) is 4.25. The monoisotopic (exact) mass is 275 g/mol. The van der Waals surface area contributed by atoms with Crippen LogP contribution in [0.25, 0.3) is 0 Å². The number of anilines is 1. The smallest absolute Gasteiger partial charge is 0.175 e. The summed E-state index contributed by atoms with van der Waals surface area (Å²) in [5.41, 5.74) is 0.676. The van der Waals surface area contributed by atoms with Crippen LogP contribution in [0.5, 0.6) is 0 Å². The van der Waals surface area contributed by atoms with Gasteiger partial charge in [-0.2, -0.15) is 0 Å². The summed E-state index contributed by atoms with van der Waals surface area (Å²) in [6.45, 7) is 4.15. The molecule has 0 saturated heterocycles. The van der Waals surface area contributed by atoms with Crippen LogP contribution in [0, 0.1) is 0 Å². The van der Waals surface area contributed by atoms with Gasteiger partial charge in [0.2, 0.25) is 0 Å². The lowest BCUT2D eigenvalue weighted by Crippen LogP contribution is -2.15. The lowest BCUT2D eigenvalue weighted by molar-refractivity contribution is 0.602. The van der Waals surface area contributed by atoms with Crippen molar-refractivity contribution < 1.29 is 8.42 Å². The van der Waals surface area contributed by atoms with Crippen LogP contribution in [-0.4, -0.2) is 20.7 Å². The van der Waals surface area contributed by atoms with Gasteiger partial charge in [-0.3, -0.25) is 0 Å². The van der Waals surface area contributed by atoms with Gasteiger partial charge in [-0.1, -0.05) is 24.9 Å². The number of hydrogen-bond acceptors (Lipinski definition) is 3. The average molecular weight is 276 g/mol. The molecule has 3 nitrogen and oxygen atoms in total. The lowest BCUT2D eigenvalue weighted by Gasteiger charge is -2.16. The minimum Gasteiger partial charge on any atom is -0.381 e. The summed E-state index contributed by atoms with van der Waals surface area (Å²) in [4.78, 5) is 0.285. The van der Waals surface area contributed by atoms with Gasteiger partial charge in [-0.05, 0) is 31.5 Å². The highest BCUT2D eigenvalue weighted by Gasteiger charge is 2.11. The zero-order valence-electron chi connectivity index (χ0n) is 10.3. The van der Waals surface area contributed by atoms with Gasteiger partial charge in [0.15, 0.2) is 9.84 Å². The van der Waals surface area contributed by atoms with Crippen molar-refractivity contribution in [1.29, 1.82) is 0 Å². The third-order valence-corrected chi connectivity index (χ3v) is 3.93.